The quantitative estimate of drug-likeness (QED) is 0.565. The molecule has 0 spiro atoms. The van der Waals surface area contributed by atoms with Gasteiger partial charge in [0.25, 0.3) is 0 Å². The second-order valence-electron chi connectivity index (χ2n) is 13.4. The van der Waals surface area contributed by atoms with Crippen LogP contribution in [0.5, 0.6) is 0 Å². The molecule has 3 atom stereocenters. The van der Waals surface area contributed by atoms with Crippen LogP contribution >= 0.6 is 0 Å². The molecule has 172 valence electrons. The van der Waals surface area contributed by atoms with Crippen molar-refractivity contribution in [2.45, 2.75) is 84.1 Å². The van der Waals surface area contributed by atoms with Crippen molar-refractivity contribution >= 4 is 5.91 Å². The second-order valence-corrected chi connectivity index (χ2v) is 13.4. The van der Waals surface area contributed by atoms with Crippen molar-refractivity contribution < 1.29 is 4.79 Å². The summed E-state index contributed by atoms with van der Waals surface area (Å²) < 4.78 is 0. The fourth-order valence-corrected chi connectivity index (χ4v) is 11.1. The highest BCUT2D eigenvalue weighted by Crippen LogP contribution is 2.70. The van der Waals surface area contributed by atoms with E-state index in [9.17, 15) is 4.79 Å². The van der Waals surface area contributed by atoms with Crippen LogP contribution in [0.25, 0.3) is 0 Å². The lowest BCUT2D eigenvalue weighted by atomic mass is 9.37. The number of amides is 1. The van der Waals surface area contributed by atoms with Crippen LogP contribution in [0, 0.1) is 65.6 Å². The molecule has 8 bridgehead atoms. The molecular weight excluding hydrogens is 390 g/mol. The minimum absolute atomic E-state index is 0.326. The molecule has 0 heterocycles. The number of hydrogen-bond donors (Lipinski definition) is 1. The Morgan fingerprint density at radius 3 is 2.00 bits per heavy atom. The summed E-state index contributed by atoms with van der Waals surface area (Å²) in [5, 5.41) is 3.34. The molecule has 1 aromatic rings. The van der Waals surface area contributed by atoms with Gasteiger partial charge >= 0.3 is 0 Å². The smallest absolute Gasteiger partial charge is 0.220 e. The van der Waals surface area contributed by atoms with E-state index >= 15 is 0 Å². The summed E-state index contributed by atoms with van der Waals surface area (Å²) in [5.41, 5.74) is 2.84. The number of carbonyl (C=O) groups is 1. The summed E-state index contributed by atoms with van der Waals surface area (Å²) >= 11 is 0. The number of aryl methyl sites for hydroxylation is 1. The van der Waals surface area contributed by atoms with Crippen molar-refractivity contribution in [3.05, 3.63) is 35.4 Å². The first-order chi connectivity index (χ1) is 15.5. The monoisotopic (exact) mass is 431 g/mol. The van der Waals surface area contributed by atoms with Gasteiger partial charge in [0.1, 0.15) is 0 Å². The highest BCUT2D eigenvalue weighted by molar-refractivity contribution is 5.76. The number of hydrogen-bond acceptors (Lipinski definition) is 1. The number of nitrogens with one attached hydrogen (secondary N) is 1. The molecule has 8 aliphatic rings. The zero-order valence-corrected chi connectivity index (χ0v) is 19.9. The van der Waals surface area contributed by atoms with Crippen molar-refractivity contribution in [1.29, 1.82) is 0 Å². The third kappa shape index (κ3) is 3.22. The Hall–Kier alpha value is -1.31. The summed E-state index contributed by atoms with van der Waals surface area (Å²) in [6.45, 7) is 2.81. The van der Waals surface area contributed by atoms with Crippen LogP contribution in [0.15, 0.2) is 24.3 Å². The summed E-state index contributed by atoms with van der Waals surface area (Å²) in [4.78, 5) is 13.4. The van der Waals surface area contributed by atoms with E-state index in [1.807, 2.05) is 0 Å². The third-order valence-electron chi connectivity index (χ3n) is 11.4. The van der Waals surface area contributed by atoms with E-state index in [0.29, 0.717) is 17.9 Å². The number of benzene rings is 1. The molecule has 1 amide bonds. The van der Waals surface area contributed by atoms with Gasteiger partial charge in [-0.15, -0.1) is 0 Å². The Morgan fingerprint density at radius 2 is 1.38 bits per heavy atom. The van der Waals surface area contributed by atoms with Gasteiger partial charge in [0.2, 0.25) is 5.91 Å². The topological polar surface area (TPSA) is 29.1 Å². The minimum atomic E-state index is 0.326. The molecule has 0 aromatic heterocycles. The summed E-state index contributed by atoms with van der Waals surface area (Å²) in [6, 6.07) is 8.64. The Bertz CT molecular complexity index is 845. The number of fused-ring (bicyclic) bond motifs is 1. The summed E-state index contributed by atoms with van der Waals surface area (Å²) in [5.74, 6) is 9.04. The lowest BCUT2D eigenvalue weighted by Gasteiger charge is -2.67. The Kier molecular flexibility index (Phi) is 4.61. The normalized spacial score (nSPS) is 47.7. The highest BCUT2D eigenvalue weighted by atomic mass is 16.1. The van der Waals surface area contributed by atoms with E-state index < -0.39 is 0 Å². The van der Waals surface area contributed by atoms with Gasteiger partial charge in [-0.25, -0.2) is 0 Å². The molecule has 32 heavy (non-hydrogen) atoms. The molecule has 2 nitrogen and oxygen atoms in total. The maximum atomic E-state index is 13.4. The molecule has 2 heteroatoms. The second kappa shape index (κ2) is 7.34. The van der Waals surface area contributed by atoms with Crippen molar-refractivity contribution in [1.82, 2.24) is 5.32 Å². The molecular formula is C30H41NO. The van der Waals surface area contributed by atoms with Crippen molar-refractivity contribution in [3.8, 4) is 0 Å². The maximum absolute atomic E-state index is 13.4. The molecule has 0 radical (unpaired) electrons. The first kappa shape index (κ1) is 20.1. The standard InChI is InChI=1S/C30H41NO/c1-18-2-4-19(5-3-18)17-31-27(32)16-30-14-22-7-23(15-30)13-26(12-22)29(30)28-24-8-20-6-21(10-24)11-25(28)9-20/h2-5,20-26,28-29H,6-17H2,1H3,(H,31,32). The lowest BCUT2D eigenvalue weighted by molar-refractivity contribution is -0.185. The van der Waals surface area contributed by atoms with Gasteiger partial charge in [-0.1, -0.05) is 29.8 Å². The van der Waals surface area contributed by atoms with Crippen LogP contribution < -0.4 is 5.32 Å². The van der Waals surface area contributed by atoms with Crippen LogP contribution in [-0.2, 0) is 11.3 Å². The molecule has 8 aliphatic carbocycles. The first-order valence-corrected chi connectivity index (χ1v) is 13.9. The van der Waals surface area contributed by atoms with E-state index in [1.165, 1.54) is 68.9 Å². The van der Waals surface area contributed by atoms with Gasteiger partial charge in [-0.3, -0.25) is 4.79 Å². The molecule has 9 rings (SSSR count). The highest BCUT2D eigenvalue weighted by Gasteiger charge is 2.63. The van der Waals surface area contributed by atoms with Gasteiger partial charge < -0.3 is 5.32 Å². The first-order valence-electron chi connectivity index (χ1n) is 13.9. The van der Waals surface area contributed by atoms with Crippen molar-refractivity contribution in [2.75, 3.05) is 0 Å². The van der Waals surface area contributed by atoms with Gasteiger partial charge in [0.05, 0.1) is 0 Å². The largest absolute Gasteiger partial charge is 0.352 e. The van der Waals surface area contributed by atoms with E-state index in [1.54, 1.807) is 6.42 Å². The molecule has 0 saturated heterocycles. The van der Waals surface area contributed by atoms with Gasteiger partial charge in [-0.05, 0) is 135 Å². The fourth-order valence-electron chi connectivity index (χ4n) is 11.1. The van der Waals surface area contributed by atoms with Crippen LogP contribution in [0.3, 0.4) is 0 Å². The summed E-state index contributed by atoms with van der Waals surface area (Å²) in [7, 11) is 0. The molecule has 1 aromatic carbocycles. The van der Waals surface area contributed by atoms with Gasteiger partial charge in [-0.2, -0.15) is 0 Å². The van der Waals surface area contributed by atoms with E-state index in [0.717, 1.165) is 59.7 Å². The fraction of sp³-hybridized carbons (Fsp3) is 0.767. The Morgan fingerprint density at radius 1 is 0.812 bits per heavy atom. The van der Waals surface area contributed by atoms with Crippen molar-refractivity contribution in [3.63, 3.8) is 0 Å². The average Bonchev–Trinajstić information content (AvgIpc) is 2.74. The predicted octanol–water partition coefficient (Wildman–Crippen LogP) is 6.52. The van der Waals surface area contributed by atoms with Gasteiger partial charge in [0.15, 0.2) is 0 Å². The Balaban J connectivity index is 1.13. The summed E-state index contributed by atoms with van der Waals surface area (Å²) in [6.07, 6.45) is 15.7. The van der Waals surface area contributed by atoms with Crippen LogP contribution in [0.1, 0.15) is 81.8 Å². The lowest BCUT2D eigenvalue weighted by Crippen LogP contribution is -2.60. The molecule has 3 unspecified atom stereocenters. The maximum Gasteiger partial charge on any atom is 0.220 e. The Labute approximate surface area is 194 Å². The average molecular weight is 432 g/mol. The van der Waals surface area contributed by atoms with Crippen LogP contribution in [0.2, 0.25) is 0 Å². The van der Waals surface area contributed by atoms with E-state index in [4.69, 9.17) is 0 Å². The SMILES string of the molecule is Cc1ccc(CNC(=O)CC23CC4CC(CC(C4)C2C2C4CC5CC(C4)CC2C5)C3)cc1. The minimum Gasteiger partial charge on any atom is -0.352 e. The molecule has 8 fully saturated rings. The zero-order valence-electron chi connectivity index (χ0n) is 19.9. The van der Waals surface area contributed by atoms with Crippen molar-refractivity contribution in [2.24, 2.45) is 58.7 Å². The van der Waals surface area contributed by atoms with Gasteiger partial charge in [0, 0.05) is 13.0 Å². The van der Waals surface area contributed by atoms with E-state index in [-0.39, 0.29) is 0 Å². The zero-order chi connectivity index (χ0) is 21.4. The third-order valence-corrected chi connectivity index (χ3v) is 11.4. The van der Waals surface area contributed by atoms with E-state index in [2.05, 4.69) is 36.5 Å². The van der Waals surface area contributed by atoms with Crippen LogP contribution in [-0.4, -0.2) is 5.91 Å². The molecule has 8 saturated carbocycles. The van der Waals surface area contributed by atoms with Crippen LogP contribution in [0.4, 0.5) is 0 Å². The molecule has 1 N–H and O–H groups in total. The number of rotatable bonds is 5. The molecule has 0 aliphatic heterocycles. The predicted molar refractivity (Wildman–Crippen MR) is 128 cm³/mol. The number of carbonyl (C=O) groups excluding carboxylic acids is 1.